The minimum atomic E-state index is 0.644. The van der Waals surface area contributed by atoms with Crippen LogP contribution in [-0.4, -0.2) is 5.71 Å². The van der Waals surface area contributed by atoms with Crippen LogP contribution >= 0.6 is 23.2 Å². The molecule has 1 N–H and O–H groups in total. The molecule has 0 unspecified atom stereocenters. The summed E-state index contributed by atoms with van der Waals surface area (Å²) in [6, 6.07) is 15.0. The topological polar surface area (TPSA) is 24.4 Å². The van der Waals surface area contributed by atoms with Crippen LogP contribution in [0, 0.1) is 0 Å². The van der Waals surface area contributed by atoms with Crippen LogP contribution in [0.4, 0.5) is 5.69 Å². The maximum Gasteiger partial charge on any atom is 0.0748 e. The maximum absolute atomic E-state index is 6.03. The number of para-hydroxylation sites is 1. The molecule has 0 amide bonds. The molecule has 2 aromatic carbocycles. The van der Waals surface area contributed by atoms with Crippen molar-refractivity contribution in [3.63, 3.8) is 0 Å². The van der Waals surface area contributed by atoms with Crippen molar-refractivity contribution in [2.75, 3.05) is 5.43 Å². The number of nitrogens with one attached hydrogen (secondary N) is 1. The Morgan fingerprint density at radius 1 is 1.00 bits per heavy atom. The van der Waals surface area contributed by atoms with E-state index in [1.54, 1.807) is 0 Å². The fourth-order valence-corrected chi connectivity index (χ4v) is 1.76. The van der Waals surface area contributed by atoms with Crippen LogP contribution in [0.15, 0.2) is 53.6 Å². The van der Waals surface area contributed by atoms with E-state index in [-0.39, 0.29) is 0 Å². The average Bonchev–Trinajstić information content (AvgIpc) is 2.38. The first-order chi connectivity index (χ1) is 8.66. The number of hydrogen-bond acceptors (Lipinski definition) is 2. The van der Waals surface area contributed by atoms with Gasteiger partial charge in [0.25, 0.3) is 0 Å². The molecule has 2 nitrogen and oxygen atoms in total. The first kappa shape index (κ1) is 12.9. The van der Waals surface area contributed by atoms with E-state index in [0.717, 1.165) is 17.0 Å². The lowest BCUT2D eigenvalue weighted by Crippen LogP contribution is -1.99. The highest BCUT2D eigenvalue weighted by Gasteiger charge is 1.99. The van der Waals surface area contributed by atoms with Crippen LogP contribution in [0.2, 0.25) is 10.0 Å². The number of hydrazone groups is 1. The van der Waals surface area contributed by atoms with E-state index in [9.17, 15) is 0 Å². The van der Waals surface area contributed by atoms with Gasteiger partial charge in [0, 0.05) is 5.02 Å². The Kier molecular flexibility index (Phi) is 4.24. The van der Waals surface area contributed by atoms with Gasteiger partial charge in [-0.05, 0) is 36.8 Å². The van der Waals surface area contributed by atoms with Crippen LogP contribution in [0.1, 0.15) is 12.5 Å². The third-order valence-corrected chi connectivity index (χ3v) is 3.06. The number of halogens is 2. The molecule has 92 valence electrons. The van der Waals surface area contributed by atoms with Gasteiger partial charge < -0.3 is 0 Å². The van der Waals surface area contributed by atoms with Crippen LogP contribution in [0.25, 0.3) is 0 Å². The lowest BCUT2D eigenvalue weighted by molar-refractivity contribution is 1.32. The third-order valence-electron chi connectivity index (χ3n) is 2.48. The molecule has 0 saturated carbocycles. The summed E-state index contributed by atoms with van der Waals surface area (Å²) in [4.78, 5) is 0. The summed E-state index contributed by atoms with van der Waals surface area (Å²) in [5.74, 6) is 0. The second kappa shape index (κ2) is 5.89. The Bertz CT molecular complexity index is 562. The SMILES string of the molecule is C/C(=N/Nc1ccccc1Cl)c1ccc(Cl)cc1. The second-order valence-corrected chi connectivity index (χ2v) is 4.64. The van der Waals surface area contributed by atoms with E-state index >= 15 is 0 Å². The molecule has 0 bridgehead atoms. The van der Waals surface area contributed by atoms with Gasteiger partial charge in [-0.25, -0.2) is 0 Å². The molecule has 0 fully saturated rings. The van der Waals surface area contributed by atoms with Crippen molar-refractivity contribution in [2.24, 2.45) is 5.10 Å². The van der Waals surface area contributed by atoms with Crippen molar-refractivity contribution in [3.05, 3.63) is 64.1 Å². The van der Waals surface area contributed by atoms with Crippen LogP contribution in [-0.2, 0) is 0 Å². The van der Waals surface area contributed by atoms with E-state index in [2.05, 4.69) is 10.5 Å². The molecule has 0 atom stereocenters. The quantitative estimate of drug-likeness (QED) is 0.631. The van der Waals surface area contributed by atoms with Crippen LogP contribution in [0.5, 0.6) is 0 Å². The highest BCUT2D eigenvalue weighted by atomic mass is 35.5. The number of hydrogen-bond donors (Lipinski definition) is 1. The Labute approximate surface area is 116 Å². The molecule has 2 aromatic rings. The molecule has 0 aliphatic carbocycles. The summed E-state index contributed by atoms with van der Waals surface area (Å²) < 4.78 is 0. The number of benzene rings is 2. The van der Waals surface area contributed by atoms with E-state index in [0.29, 0.717) is 10.0 Å². The first-order valence-electron chi connectivity index (χ1n) is 5.47. The van der Waals surface area contributed by atoms with E-state index in [1.807, 2.05) is 55.5 Å². The monoisotopic (exact) mass is 278 g/mol. The normalized spacial score (nSPS) is 11.4. The predicted octanol–water partition coefficient (Wildman–Crippen LogP) is 4.83. The van der Waals surface area contributed by atoms with Crippen molar-refractivity contribution in [2.45, 2.75) is 6.92 Å². The van der Waals surface area contributed by atoms with E-state index < -0.39 is 0 Å². The van der Waals surface area contributed by atoms with Gasteiger partial charge in [-0.1, -0.05) is 47.5 Å². The zero-order chi connectivity index (χ0) is 13.0. The van der Waals surface area contributed by atoms with Gasteiger partial charge in [0.05, 0.1) is 16.4 Å². The standard InChI is InChI=1S/C14H12Cl2N2/c1-10(11-6-8-12(15)9-7-11)17-18-14-5-3-2-4-13(14)16/h2-9,18H,1H3/b17-10-. The highest BCUT2D eigenvalue weighted by Crippen LogP contribution is 2.20. The number of rotatable bonds is 3. The molecule has 0 spiro atoms. The second-order valence-electron chi connectivity index (χ2n) is 3.80. The highest BCUT2D eigenvalue weighted by molar-refractivity contribution is 6.33. The number of nitrogens with zero attached hydrogens (tertiary/aromatic N) is 1. The van der Waals surface area contributed by atoms with Crippen molar-refractivity contribution in [1.29, 1.82) is 0 Å². The van der Waals surface area contributed by atoms with Crippen LogP contribution in [0.3, 0.4) is 0 Å². The van der Waals surface area contributed by atoms with Gasteiger partial charge in [-0.15, -0.1) is 0 Å². The van der Waals surface area contributed by atoms with Gasteiger partial charge in [0.15, 0.2) is 0 Å². The first-order valence-corrected chi connectivity index (χ1v) is 6.23. The predicted molar refractivity (Wildman–Crippen MR) is 78.7 cm³/mol. The smallest absolute Gasteiger partial charge is 0.0748 e. The average molecular weight is 279 g/mol. The van der Waals surface area contributed by atoms with E-state index in [1.165, 1.54) is 0 Å². The molecular weight excluding hydrogens is 267 g/mol. The summed E-state index contributed by atoms with van der Waals surface area (Å²) >= 11 is 11.9. The van der Waals surface area contributed by atoms with Gasteiger partial charge in [0.1, 0.15) is 0 Å². The Balaban J connectivity index is 2.14. The van der Waals surface area contributed by atoms with Gasteiger partial charge >= 0.3 is 0 Å². The molecule has 0 radical (unpaired) electrons. The number of anilines is 1. The van der Waals surface area contributed by atoms with E-state index in [4.69, 9.17) is 23.2 Å². The molecule has 2 rings (SSSR count). The van der Waals surface area contributed by atoms with Crippen molar-refractivity contribution in [1.82, 2.24) is 0 Å². The van der Waals surface area contributed by atoms with Gasteiger partial charge in [-0.3, -0.25) is 5.43 Å². The summed E-state index contributed by atoms with van der Waals surface area (Å²) in [5, 5.41) is 5.65. The fourth-order valence-electron chi connectivity index (χ4n) is 1.45. The molecule has 18 heavy (non-hydrogen) atoms. The summed E-state index contributed by atoms with van der Waals surface area (Å²) in [6.45, 7) is 1.92. The minimum Gasteiger partial charge on any atom is -0.277 e. The Morgan fingerprint density at radius 3 is 2.33 bits per heavy atom. The molecule has 0 heterocycles. The molecule has 0 saturated heterocycles. The minimum absolute atomic E-state index is 0.644. The molecule has 0 aliphatic rings. The lowest BCUT2D eigenvalue weighted by atomic mass is 10.1. The zero-order valence-corrected chi connectivity index (χ0v) is 11.3. The molecule has 4 heteroatoms. The van der Waals surface area contributed by atoms with Crippen molar-refractivity contribution in [3.8, 4) is 0 Å². The van der Waals surface area contributed by atoms with Gasteiger partial charge in [0.2, 0.25) is 0 Å². The third kappa shape index (κ3) is 3.25. The van der Waals surface area contributed by atoms with Crippen LogP contribution < -0.4 is 5.43 Å². The van der Waals surface area contributed by atoms with Crippen molar-refractivity contribution < 1.29 is 0 Å². The summed E-state index contributed by atoms with van der Waals surface area (Å²) in [5.41, 5.74) is 5.61. The summed E-state index contributed by atoms with van der Waals surface area (Å²) in [7, 11) is 0. The lowest BCUT2D eigenvalue weighted by Gasteiger charge is -2.05. The van der Waals surface area contributed by atoms with Gasteiger partial charge in [-0.2, -0.15) is 5.10 Å². The Morgan fingerprint density at radius 2 is 1.67 bits per heavy atom. The molecular formula is C14H12Cl2N2. The summed E-state index contributed by atoms with van der Waals surface area (Å²) in [6.07, 6.45) is 0. The fraction of sp³-hybridized carbons (Fsp3) is 0.0714. The Hall–Kier alpha value is -1.51. The molecule has 0 aliphatic heterocycles. The maximum atomic E-state index is 6.03. The van der Waals surface area contributed by atoms with Crippen molar-refractivity contribution >= 4 is 34.6 Å². The molecule has 0 aromatic heterocycles. The largest absolute Gasteiger partial charge is 0.277 e. The zero-order valence-electron chi connectivity index (χ0n) is 9.82.